The summed E-state index contributed by atoms with van der Waals surface area (Å²) < 4.78 is 5.31. The smallest absolute Gasteiger partial charge is 0.228 e. The summed E-state index contributed by atoms with van der Waals surface area (Å²) in [5.41, 5.74) is 6.78. The van der Waals surface area contributed by atoms with Gasteiger partial charge in [0.05, 0.1) is 0 Å². The van der Waals surface area contributed by atoms with Crippen LogP contribution in [-0.2, 0) is 6.42 Å². The van der Waals surface area contributed by atoms with Gasteiger partial charge in [-0.15, -0.1) is 0 Å². The number of nitrogens with zero attached hydrogens (tertiary/aromatic N) is 3. The standard InChI is InChI=1S/C16H18N4O/c1-10(2)13(17)9-14-19-16(20-21-14)15-12-6-4-3-5-11(12)7-8-18-15/h3-8,10,13H,9,17H2,1-2H3. The van der Waals surface area contributed by atoms with Crippen LogP contribution in [0.1, 0.15) is 19.7 Å². The quantitative estimate of drug-likeness (QED) is 0.796. The van der Waals surface area contributed by atoms with Crippen molar-refractivity contribution in [2.75, 3.05) is 0 Å². The minimum atomic E-state index is 0.0128. The van der Waals surface area contributed by atoms with Gasteiger partial charge in [-0.1, -0.05) is 43.3 Å². The molecule has 0 bridgehead atoms. The van der Waals surface area contributed by atoms with Gasteiger partial charge in [-0.2, -0.15) is 4.98 Å². The van der Waals surface area contributed by atoms with Crippen LogP contribution in [0.3, 0.4) is 0 Å². The second-order valence-electron chi connectivity index (χ2n) is 5.50. The molecule has 1 aromatic carbocycles. The van der Waals surface area contributed by atoms with Gasteiger partial charge in [0.2, 0.25) is 11.7 Å². The monoisotopic (exact) mass is 282 g/mol. The third-order valence-corrected chi connectivity index (χ3v) is 3.62. The van der Waals surface area contributed by atoms with Crippen molar-refractivity contribution in [1.82, 2.24) is 15.1 Å². The molecule has 0 aliphatic rings. The summed E-state index contributed by atoms with van der Waals surface area (Å²) in [5.74, 6) is 1.44. The summed E-state index contributed by atoms with van der Waals surface area (Å²) >= 11 is 0. The molecule has 5 heteroatoms. The molecule has 1 unspecified atom stereocenters. The molecule has 2 N–H and O–H groups in total. The molecule has 0 radical (unpaired) electrons. The third kappa shape index (κ3) is 2.78. The van der Waals surface area contributed by atoms with E-state index < -0.39 is 0 Å². The summed E-state index contributed by atoms with van der Waals surface area (Å²) in [6, 6.07) is 10.00. The van der Waals surface area contributed by atoms with E-state index in [1.165, 1.54) is 0 Å². The molecule has 2 heterocycles. The zero-order chi connectivity index (χ0) is 14.8. The molecule has 3 rings (SSSR count). The Kier molecular flexibility index (Phi) is 3.66. The first-order valence-electron chi connectivity index (χ1n) is 7.07. The van der Waals surface area contributed by atoms with Crippen LogP contribution in [-0.4, -0.2) is 21.2 Å². The van der Waals surface area contributed by atoms with E-state index in [0.717, 1.165) is 16.5 Å². The van der Waals surface area contributed by atoms with E-state index in [2.05, 4.69) is 29.0 Å². The second-order valence-corrected chi connectivity index (χ2v) is 5.50. The molecule has 0 spiro atoms. The number of fused-ring (bicyclic) bond motifs is 1. The summed E-state index contributed by atoms with van der Waals surface area (Å²) in [5, 5.41) is 6.16. The minimum Gasteiger partial charge on any atom is -0.339 e. The van der Waals surface area contributed by atoms with E-state index in [1.54, 1.807) is 6.20 Å². The van der Waals surface area contributed by atoms with E-state index in [0.29, 0.717) is 24.1 Å². The van der Waals surface area contributed by atoms with Crippen molar-refractivity contribution in [2.24, 2.45) is 11.7 Å². The van der Waals surface area contributed by atoms with Crippen molar-refractivity contribution in [3.63, 3.8) is 0 Å². The van der Waals surface area contributed by atoms with Gasteiger partial charge in [0.15, 0.2) is 0 Å². The predicted molar refractivity (Wildman–Crippen MR) is 81.6 cm³/mol. The molecule has 21 heavy (non-hydrogen) atoms. The fourth-order valence-electron chi connectivity index (χ4n) is 2.17. The molecule has 5 nitrogen and oxygen atoms in total. The molecule has 0 amide bonds. The maximum Gasteiger partial charge on any atom is 0.228 e. The van der Waals surface area contributed by atoms with Crippen LogP contribution < -0.4 is 5.73 Å². The highest BCUT2D eigenvalue weighted by Crippen LogP contribution is 2.24. The molecule has 0 aliphatic carbocycles. The summed E-state index contributed by atoms with van der Waals surface area (Å²) in [6.45, 7) is 4.16. The zero-order valence-corrected chi connectivity index (χ0v) is 12.2. The normalized spacial score (nSPS) is 13.0. The van der Waals surface area contributed by atoms with Crippen molar-refractivity contribution >= 4 is 10.8 Å². The first-order chi connectivity index (χ1) is 10.1. The van der Waals surface area contributed by atoms with Crippen LogP contribution in [0, 0.1) is 5.92 Å². The molecule has 0 saturated heterocycles. The highest BCUT2D eigenvalue weighted by Gasteiger charge is 2.16. The number of nitrogens with two attached hydrogens (primary N) is 1. The van der Waals surface area contributed by atoms with E-state index in [4.69, 9.17) is 10.3 Å². The second kappa shape index (κ2) is 5.61. The van der Waals surface area contributed by atoms with Crippen molar-refractivity contribution in [2.45, 2.75) is 26.3 Å². The molecular formula is C16H18N4O. The molecule has 0 saturated carbocycles. The van der Waals surface area contributed by atoms with Crippen LogP contribution in [0.5, 0.6) is 0 Å². The van der Waals surface area contributed by atoms with E-state index in [9.17, 15) is 0 Å². The molecule has 3 aromatic rings. The van der Waals surface area contributed by atoms with Crippen LogP contribution in [0.4, 0.5) is 0 Å². The Balaban J connectivity index is 1.95. The lowest BCUT2D eigenvalue weighted by Crippen LogP contribution is -2.28. The Bertz CT molecular complexity index is 745. The lowest BCUT2D eigenvalue weighted by Gasteiger charge is -2.11. The van der Waals surface area contributed by atoms with Crippen molar-refractivity contribution < 1.29 is 4.52 Å². The number of benzene rings is 1. The number of hydrogen-bond donors (Lipinski definition) is 1. The topological polar surface area (TPSA) is 77.8 Å². The number of rotatable bonds is 4. The first-order valence-corrected chi connectivity index (χ1v) is 7.07. The average molecular weight is 282 g/mol. The van der Waals surface area contributed by atoms with Gasteiger partial charge >= 0.3 is 0 Å². The lowest BCUT2D eigenvalue weighted by atomic mass is 10.0. The maximum atomic E-state index is 6.04. The summed E-state index contributed by atoms with van der Waals surface area (Å²) in [4.78, 5) is 8.82. The average Bonchev–Trinajstić information content (AvgIpc) is 2.95. The fraction of sp³-hybridized carbons (Fsp3) is 0.312. The van der Waals surface area contributed by atoms with Crippen LogP contribution in [0.25, 0.3) is 22.3 Å². The number of pyridine rings is 1. The molecule has 2 aromatic heterocycles. The SMILES string of the molecule is CC(C)C(N)Cc1nc(-c2nccc3ccccc23)no1. The Labute approximate surface area is 123 Å². The summed E-state index contributed by atoms with van der Waals surface area (Å²) in [7, 11) is 0. The fourth-order valence-corrected chi connectivity index (χ4v) is 2.17. The molecule has 0 fully saturated rings. The van der Waals surface area contributed by atoms with E-state index in [-0.39, 0.29) is 6.04 Å². The Morgan fingerprint density at radius 3 is 2.81 bits per heavy atom. The van der Waals surface area contributed by atoms with Gasteiger partial charge in [0, 0.05) is 24.0 Å². The molecule has 1 atom stereocenters. The predicted octanol–water partition coefficient (Wildman–Crippen LogP) is 2.81. The highest BCUT2D eigenvalue weighted by molar-refractivity contribution is 5.92. The molecule has 0 aliphatic heterocycles. The van der Waals surface area contributed by atoms with Crippen LogP contribution in [0.2, 0.25) is 0 Å². The highest BCUT2D eigenvalue weighted by atomic mass is 16.5. The first kappa shape index (κ1) is 13.7. The molecular weight excluding hydrogens is 264 g/mol. The van der Waals surface area contributed by atoms with Gasteiger partial charge in [0.25, 0.3) is 0 Å². The Hall–Kier alpha value is -2.27. The van der Waals surface area contributed by atoms with Gasteiger partial charge < -0.3 is 10.3 Å². The largest absolute Gasteiger partial charge is 0.339 e. The van der Waals surface area contributed by atoms with E-state index >= 15 is 0 Å². The van der Waals surface area contributed by atoms with E-state index in [1.807, 2.05) is 30.3 Å². The Morgan fingerprint density at radius 1 is 1.19 bits per heavy atom. The maximum absolute atomic E-state index is 6.04. The number of hydrogen-bond acceptors (Lipinski definition) is 5. The van der Waals surface area contributed by atoms with Crippen molar-refractivity contribution in [3.05, 3.63) is 42.4 Å². The van der Waals surface area contributed by atoms with Crippen LogP contribution >= 0.6 is 0 Å². The molecule has 108 valence electrons. The third-order valence-electron chi connectivity index (χ3n) is 3.62. The van der Waals surface area contributed by atoms with Gasteiger partial charge in [-0.25, -0.2) is 0 Å². The van der Waals surface area contributed by atoms with Gasteiger partial charge in [-0.3, -0.25) is 4.98 Å². The Morgan fingerprint density at radius 2 is 2.00 bits per heavy atom. The number of aromatic nitrogens is 3. The van der Waals surface area contributed by atoms with Gasteiger partial charge in [0.1, 0.15) is 5.69 Å². The van der Waals surface area contributed by atoms with Crippen LogP contribution in [0.15, 0.2) is 41.1 Å². The van der Waals surface area contributed by atoms with Crippen molar-refractivity contribution in [1.29, 1.82) is 0 Å². The van der Waals surface area contributed by atoms with Gasteiger partial charge in [-0.05, 0) is 17.4 Å². The summed E-state index contributed by atoms with van der Waals surface area (Å²) in [6.07, 6.45) is 2.34. The minimum absolute atomic E-state index is 0.0128. The zero-order valence-electron chi connectivity index (χ0n) is 12.2. The van der Waals surface area contributed by atoms with Crippen molar-refractivity contribution in [3.8, 4) is 11.5 Å². The lowest BCUT2D eigenvalue weighted by molar-refractivity contribution is 0.353.